The molecular formula is C13H18FNOS. The van der Waals surface area contributed by atoms with E-state index in [-0.39, 0.29) is 5.82 Å². The van der Waals surface area contributed by atoms with E-state index in [0.29, 0.717) is 16.8 Å². The maximum Gasteiger partial charge on any atom is 0.144 e. The van der Waals surface area contributed by atoms with E-state index in [1.54, 1.807) is 32.0 Å². The second-order valence-electron chi connectivity index (χ2n) is 4.97. The van der Waals surface area contributed by atoms with Gasteiger partial charge in [0.2, 0.25) is 0 Å². The van der Waals surface area contributed by atoms with Crippen molar-refractivity contribution in [3.05, 3.63) is 35.1 Å². The molecule has 0 saturated heterocycles. The molecule has 1 rings (SSSR count). The second-order valence-corrected chi connectivity index (χ2v) is 6.88. The first kappa shape index (κ1) is 14.2. The molecule has 0 radical (unpaired) electrons. The molecule has 4 heteroatoms. The summed E-state index contributed by atoms with van der Waals surface area (Å²) >= 11 is -1.36. The van der Waals surface area contributed by atoms with Gasteiger partial charge in [0.05, 0.1) is 5.71 Å². The third-order valence-corrected chi connectivity index (χ3v) is 3.81. The summed E-state index contributed by atoms with van der Waals surface area (Å²) in [7, 11) is 0. The Kier molecular flexibility index (Phi) is 4.33. The van der Waals surface area contributed by atoms with Gasteiger partial charge >= 0.3 is 0 Å². The SMILES string of the molecule is C/C(=N\[S@+]([O-])C(C)(C)C)c1cccc(C)c1F. The summed E-state index contributed by atoms with van der Waals surface area (Å²) in [4.78, 5) is 0. The summed E-state index contributed by atoms with van der Waals surface area (Å²) in [6, 6.07) is 5.13. The van der Waals surface area contributed by atoms with Crippen molar-refractivity contribution >= 4 is 17.1 Å². The highest BCUT2D eigenvalue weighted by Gasteiger charge is 2.27. The van der Waals surface area contributed by atoms with Gasteiger partial charge in [-0.25, -0.2) is 4.39 Å². The first-order valence-electron chi connectivity index (χ1n) is 5.46. The summed E-state index contributed by atoms with van der Waals surface area (Å²) in [5, 5.41) is 0. The van der Waals surface area contributed by atoms with Gasteiger partial charge in [-0.05, 0) is 40.2 Å². The Labute approximate surface area is 105 Å². The smallest absolute Gasteiger partial charge is 0.144 e. The van der Waals surface area contributed by atoms with Gasteiger partial charge in [0, 0.05) is 5.56 Å². The van der Waals surface area contributed by atoms with Crippen molar-refractivity contribution in [1.29, 1.82) is 0 Å². The number of nitrogens with zero attached hydrogens (tertiary/aromatic N) is 1. The molecule has 0 spiro atoms. The van der Waals surface area contributed by atoms with Crippen molar-refractivity contribution < 1.29 is 8.94 Å². The number of halogens is 1. The second kappa shape index (κ2) is 5.19. The molecule has 0 aromatic heterocycles. The average molecular weight is 255 g/mol. The number of hydrogen-bond acceptors (Lipinski definition) is 2. The Hall–Kier alpha value is -0.870. The molecule has 0 aliphatic heterocycles. The van der Waals surface area contributed by atoms with Crippen LogP contribution in [0.3, 0.4) is 0 Å². The van der Waals surface area contributed by atoms with Crippen molar-refractivity contribution in [3.8, 4) is 0 Å². The quantitative estimate of drug-likeness (QED) is 0.589. The zero-order chi connectivity index (χ0) is 13.2. The highest BCUT2D eigenvalue weighted by atomic mass is 32.2. The van der Waals surface area contributed by atoms with E-state index >= 15 is 0 Å². The van der Waals surface area contributed by atoms with Crippen LogP contribution in [0.2, 0.25) is 0 Å². The van der Waals surface area contributed by atoms with Crippen LogP contribution in [0.25, 0.3) is 0 Å². The van der Waals surface area contributed by atoms with E-state index in [9.17, 15) is 8.94 Å². The predicted molar refractivity (Wildman–Crippen MR) is 71.2 cm³/mol. The molecule has 0 aliphatic rings. The Morgan fingerprint density at radius 3 is 2.47 bits per heavy atom. The minimum Gasteiger partial charge on any atom is -0.591 e. The minimum absolute atomic E-state index is 0.292. The Morgan fingerprint density at radius 2 is 1.94 bits per heavy atom. The Morgan fingerprint density at radius 1 is 1.35 bits per heavy atom. The van der Waals surface area contributed by atoms with E-state index in [1.165, 1.54) is 0 Å². The first-order chi connectivity index (χ1) is 7.73. The molecule has 0 heterocycles. The van der Waals surface area contributed by atoms with E-state index in [1.807, 2.05) is 20.8 Å². The standard InChI is InChI=1S/C13H18FNOS/c1-9-7-6-8-11(12(9)14)10(2)15-17(16)13(3,4)5/h6-8H,1-5H3/b15-10+/t17-/m1/s1. The molecule has 17 heavy (non-hydrogen) atoms. The van der Waals surface area contributed by atoms with Crippen LogP contribution in [-0.4, -0.2) is 15.0 Å². The molecule has 0 aliphatic carbocycles. The van der Waals surface area contributed by atoms with Crippen molar-refractivity contribution in [3.63, 3.8) is 0 Å². The molecular weight excluding hydrogens is 237 g/mol. The largest absolute Gasteiger partial charge is 0.591 e. The zero-order valence-corrected chi connectivity index (χ0v) is 11.7. The summed E-state index contributed by atoms with van der Waals surface area (Å²) in [5.74, 6) is -0.292. The molecule has 1 atom stereocenters. The van der Waals surface area contributed by atoms with Crippen LogP contribution in [0, 0.1) is 12.7 Å². The maximum atomic E-state index is 13.8. The number of aryl methyl sites for hydroxylation is 1. The van der Waals surface area contributed by atoms with E-state index < -0.39 is 16.1 Å². The fourth-order valence-electron chi connectivity index (χ4n) is 1.24. The van der Waals surface area contributed by atoms with Crippen molar-refractivity contribution in [1.82, 2.24) is 0 Å². The molecule has 0 fully saturated rings. The van der Waals surface area contributed by atoms with E-state index in [0.717, 1.165) is 0 Å². The molecule has 1 aromatic rings. The van der Waals surface area contributed by atoms with Gasteiger partial charge in [-0.2, -0.15) is 0 Å². The lowest BCUT2D eigenvalue weighted by Gasteiger charge is -2.18. The van der Waals surface area contributed by atoms with Gasteiger partial charge in [0.25, 0.3) is 0 Å². The molecule has 0 amide bonds. The van der Waals surface area contributed by atoms with Crippen LogP contribution in [-0.2, 0) is 11.4 Å². The first-order valence-corrected chi connectivity index (χ1v) is 6.57. The van der Waals surface area contributed by atoms with Crippen LogP contribution < -0.4 is 0 Å². The third kappa shape index (κ3) is 3.54. The number of benzene rings is 1. The number of hydrogen-bond donors (Lipinski definition) is 0. The van der Waals surface area contributed by atoms with Crippen LogP contribution in [0.1, 0.15) is 38.8 Å². The van der Waals surface area contributed by atoms with Crippen molar-refractivity contribution in [2.75, 3.05) is 0 Å². The van der Waals surface area contributed by atoms with E-state index in [2.05, 4.69) is 4.40 Å². The summed E-state index contributed by atoms with van der Waals surface area (Å²) < 4.78 is 29.3. The molecule has 0 unspecified atom stereocenters. The normalized spacial score (nSPS) is 14.9. The van der Waals surface area contributed by atoms with Crippen LogP contribution in [0.4, 0.5) is 4.39 Å². The number of rotatable bonds is 2. The summed E-state index contributed by atoms with van der Waals surface area (Å²) in [6.07, 6.45) is 0. The highest BCUT2D eigenvalue weighted by Crippen LogP contribution is 2.19. The van der Waals surface area contributed by atoms with Gasteiger partial charge in [0.1, 0.15) is 21.9 Å². The zero-order valence-electron chi connectivity index (χ0n) is 10.9. The third-order valence-electron chi connectivity index (χ3n) is 2.33. The van der Waals surface area contributed by atoms with Crippen molar-refractivity contribution in [2.24, 2.45) is 4.40 Å². The maximum absolute atomic E-state index is 13.8. The lowest BCUT2D eigenvalue weighted by atomic mass is 10.1. The molecule has 2 nitrogen and oxygen atoms in total. The summed E-state index contributed by atoms with van der Waals surface area (Å²) in [5.41, 5.74) is 1.46. The van der Waals surface area contributed by atoms with Gasteiger partial charge < -0.3 is 4.55 Å². The van der Waals surface area contributed by atoms with Crippen LogP contribution in [0.15, 0.2) is 22.6 Å². The van der Waals surface area contributed by atoms with Crippen LogP contribution >= 0.6 is 0 Å². The van der Waals surface area contributed by atoms with E-state index in [4.69, 9.17) is 0 Å². The molecule has 1 aromatic carbocycles. The molecule has 94 valence electrons. The lowest BCUT2D eigenvalue weighted by Crippen LogP contribution is -2.26. The molecule has 0 bridgehead atoms. The van der Waals surface area contributed by atoms with Gasteiger partial charge in [-0.15, -0.1) is 0 Å². The topological polar surface area (TPSA) is 35.4 Å². The van der Waals surface area contributed by atoms with Crippen LogP contribution in [0.5, 0.6) is 0 Å². The molecule has 0 saturated carbocycles. The Balaban J connectivity index is 3.09. The fourth-order valence-corrected chi connectivity index (χ4v) is 1.86. The van der Waals surface area contributed by atoms with Gasteiger partial charge in [-0.3, -0.25) is 0 Å². The lowest BCUT2D eigenvalue weighted by molar-refractivity contribution is 0.561. The van der Waals surface area contributed by atoms with Crippen molar-refractivity contribution in [2.45, 2.75) is 39.4 Å². The minimum atomic E-state index is -1.36. The Bertz CT molecular complexity index is 438. The monoisotopic (exact) mass is 255 g/mol. The van der Waals surface area contributed by atoms with Gasteiger partial charge in [-0.1, -0.05) is 22.6 Å². The highest BCUT2D eigenvalue weighted by molar-refractivity contribution is 7.91. The average Bonchev–Trinajstić information content (AvgIpc) is 2.20. The van der Waals surface area contributed by atoms with Gasteiger partial charge in [0.15, 0.2) is 0 Å². The fraction of sp³-hybridized carbons (Fsp3) is 0.462. The summed E-state index contributed by atoms with van der Waals surface area (Å²) in [6.45, 7) is 8.90. The predicted octanol–water partition coefficient (Wildman–Crippen LogP) is 3.41. The molecule has 0 N–H and O–H groups in total.